The summed E-state index contributed by atoms with van der Waals surface area (Å²) in [6, 6.07) is 9.05. The van der Waals surface area contributed by atoms with E-state index in [-0.39, 0.29) is 10.5 Å². The van der Waals surface area contributed by atoms with Crippen molar-refractivity contribution in [2.75, 3.05) is 13.1 Å². The molecule has 1 aliphatic rings. The van der Waals surface area contributed by atoms with Crippen molar-refractivity contribution in [2.45, 2.75) is 30.5 Å². The lowest BCUT2D eigenvalue weighted by Gasteiger charge is -2.25. The van der Waals surface area contributed by atoms with Gasteiger partial charge < -0.3 is 9.84 Å². The molecule has 0 aliphatic carbocycles. The Morgan fingerprint density at radius 2 is 1.56 bits per heavy atom. The maximum Gasteiger partial charge on any atom is 0.573 e. The SMILES string of the molecule is O=S(=O)(c1ccc(-c2cc(O)cc(OC(F)(F)F)c2)cc1)N1CCCCC1. The van der Waals surface area contributed by atoms with E-state index in [1.54, 1.807) is 0 Å². The van der Waals surface area contributed by atoms with E-state index < -0.39 is 27.9 Å². The van der Waals surface area contributed by atoms with Crippen LogP contribution >= 0.6 is 0 Å². The molecule has 1 saturated heterocycles. The van der Waals surface area contributed by atoms with Crippen LogP contribution in [0.25, 0.3) is 11.1 Å². The molecule has 3 rings (SSSR count). The molecule has 1 heterocycles. The third-order valence-corrected chi connectivity index (χ3v) is 6.18. The van der Waals surface area contributed by atoms with Crippen LogP contribution in [0.2, 0.25) is 0 Å². The van der Waals surface area contributed by atoms with Gasteiger partial charge in [-0.05, 0) is 48.2 Å². The molecule has 0 saturated carbocycles. The van der Waals surface area contributed by atoms with Crippen LogP contribution in [0.3, 0.4) is 0 Å². The van der Waals surface area contributed by atoms with E-state index in [0.29, 0.717) is 18.7 Å². The van der Waals surface area contributed by atoms with Crippen molar-refractivity contribution in [3.8, 4) is 22.6 Å². The van der Waals surface area contributed by atoms with Gasteiger partial charge in [-0.3, -0.25) is 0 Å². The molecular formula is C18H18F3NO4S. The van der Waals surface area contributed by atoms with Gasteiger partial charge in [0.2, 0.25) is 10.0 Å². The Bertz CT molecular complexity index is 905. The van der Waals surface area contributed by atoms with Crippen LogP contribution in [0.15, 0.2) is 47.4 Å². The first-order valence-electron chi connectivity index (χ1n) is 8.35. The zero-order valence-electron chi connectivity index (χ0n) is 14.2. The minimum atomic E-state index is -4.88. The number of alkyl halides is 3. The monoisotopic (exact) mass is 401 g/mol. The lowest BCUT2D eigenvalue weighted by Crippen LogP contribution is -2.35. The van der Waals surface area contributed by atoms with Gasteiger partial charge in [0, 0.05) is 19.2 Å². The number of ether oxygens (including phenoxy) is 1. The first kappa shape index (κ1) is 19.5. The van der Waals surface area contributed by atoms with Gasteiger partial charge in [-0.1, -0.05) is 18.6 Å². The molecule has 1 aliphatic heterocycles. The Kier molecular flexibility index (Phi) is 5.34. The Morgan fingerprint density at radius 3 is 2.15 bits per heavy atom. The van der Waals surface area contributed by atoms with Gasteiger partial charge in [0.25, 0.3) is 0 Å². The predicted octanol–water partition coefficient (Wildman–Crippen LogP) is 4.13. The van der Waals surface area contributed by atoms with Gasteiger partial charge in [-0.15, -0.1) is 13.2 Å². The second kappa shape index (κ2) is 7.40. The number of phenolic OH excluding ortho intramolecular Hbond substituents is 1. The van der Waals surface area contributed by atoms with Gasteiger partial charge in [-0.25, -0.2) is 8.42 Å². The van der Waals surface area contributed by atoms with E-state index in [2.05, 4.69) is 4.74 Å². The van der Waals surface area contributed by atoms with Crippen LogP contribution < -0.4 is 4.74 Å². The highest BCUT2D eigenvalue weighted by molar-refractivity contribution is 7.89. The number of rotatable bonds is 4. The maximum atomic E-state index is 12.6. The van der Waals surface area contributed by atoms with Crippen LogP contribution in [0.5, 0.6) is 11.5 Å². The van der Waals surface area contributed by atoms with E-state index in [1.165, 1.54) is 34.6 Å². The third kappa shape index (κ3) is 4.72. The fraction of sp³-hybridized carbons (Fsp3) is 0.333. The second-order valence-corrected chi connectivity index (χ2v) is 8.19. The molecule has 146 valence electrons. The van der Waals surface area contributed by atoms with Crippen LogP contribution in [0.1, 0.15) is 19.3 Å². The standard InChI is InChI=1S/C18H18F3NO4S/c19-18(20,21)26-16-11-14(10-15(23)12-16)13-4-6-17(7-5-13)27(24,25)22-8-2-1-3-9-22/h4-7,10-12,23H,1-3,8-9H2. The van der Waals surface area contributed by atoms with Crippen LogP contribution in [0.4, 0.5) is 13.2 Å². The molecule has 2 aromatic rings. The van der Waals surface area contributed by atoms with Crippen molar-refractivity contribution >= 4 is 10.0 Å². The number of benzene rings is 2. The summed E-state index contributed by atoms with van der Waals surface area (Å²) >= 11 is 0. The van der Waals surface area contributed by atoms with Crippen molar-refractivity contribution in [3.63, 3.8) is 0 Å². The topological polar surface area (TPSA) is 66.8 Å². The molecule has 5 nitrogen and oxygen atoms in total. The van der Waals surface area contributed by atoms with Crippen molar-refractivity contribution in [2.24, 2.45) is 0 Å². The number of piperidine rings is 1. The van der Waals surface area contributed by atoms with Crippen molar-refractivity contribution in [1.29, 1.82) is 0 Å². The maximum absolute atomic E-state index is 12.6. The quantitative estimate of drug-likeness (QED) is 0.837. The first-order chi connectivity index (χ1) is 12.6. The molecule has 0 bridgehead atoms. The molecule has 1 N–H and O–H groups in total. The molecule has 0 aromatic heterocycles. The van der Waals surface area contributed by atoms with Crippen LogP contribution in [-0.4, -0.2) is 37.3 Å². The number of halogens is 3. The Labute approximate surface area is 155 Å². The molecule has 0 radical (unpaired) electrons. The third-order valence-electron chi connectivity index (χ3n) is 4.27. The highest BCUT2D eigenvalue weighted by Gasteiger charge is 2.31. The summed E-state index contributed by atoms with van der Waals surface area (Å²) in [7, 11) is -3.59. The second-order valence-electron chi connectivity index (χ2n) is 6.25. The molecule has 1 fully saturated rings. The fourth-order valence-corrected chi connectivity index (χ4v) is 4.53. The molecule has 0 atom stereocenters. The number of sulfonamides is 1. The normalized spacial score (nSPS) is 16.3. The average molecular weight is 401 g/mol. The van der Waals surface area contributed by atoms with Gasteiger partial charge in [0.15, 0.2) is 0 Å². The lowest BCUT2D eigenvalue weighted by atomic mass is 10.1. The van der Waals surface area contributed by atoms with Gasteiger partial charge in [-0.2, -0.15) is 4.31 Å². The highest BCUT2D eigenvalue weighted by Crippen LogP contribution is 2.33. The molecule has 27 heavy (non-hydrogen) atoms. The number of phenols is 1. The van der Waals surface area contributed by atoms with Crippen LogP contribution in [-0.2, 0) is 10.0 Å². The zero-order chi connectivity index (χ0) is 19.7. The molecule has 0 unspecified atom stereocenters. The van der Waals surface area contributed by atoms with Gasteiger partial charge >= 0.3 is 6.36 Å². The predicted molar refractivity (Wildman–Crippen MR) is 92.8 cm³/mol. The van der Waals surface area contributed by atoms with Gasteiger partial charge in [0.1, 0.15) is 11.5 Å². The van der Waals surface area contributed by atoms with E-state index in [1.807, 2.05) is 0 Å². The van der Waals surface area contributed by atoms with Gasteiger partial charge in [0.05, 0.1) is 4.90 Å². The largest absolute Gasteiger partial charge is 0.573 e. The molecule has 0 spiro atoms. The highest BCUT2D eigenvalue weighted by atomic mass is 32.2. The number of aromatic hydroxyl groups is 1. The minimum Gasteiger partial charge on any atom is -0.508 e. The van der Waals surface area contributed by atoms with E-state index in [9.17, 15) is 26.7 Å². The summed E-state index contributed by atoms with van der Waals surface area (Å²) in [6.07, 6.45) is -2.23. The lowest BCUT2D eigenvalue weighted by molar-refractivity contribution is -0.274. The van der Waals surface area contributed by atoms with E-state index in [4.69, 9.17) is 0 Å². The smallest absolute Gasteiger partial charge is 0.508 e. The average Bonchev–Trinajstić information content (AvgIpc) is 2.60. The number of hydrogen-bond donors (Lipinski definition) is 1. The fourth-order valence-electron chi connectivity index (χ4n) is 3.02. The summed E-state index contributed by atoms with van der Waals surface area (Å²) in [5.41, 5.74) is 0.728. The molecular weight excluding hydrogens is 383 g/mol. The summed E-state index contributed by atoms with van der Waals surface area (Å²) < 4.78 is 67.7. The number of nitrogens with zero attached hydrogens (tertiary/aromatic N) is 1. The Morgan fingerprint density at radius 1 is 0.926 bits per heavy atom. The number of hydrogen-bond acceptors (Lipinski definition) is 4. The summed E-state index contributed by atoms with van der Waals surface area (Å²) in [5, 5.41) is 9.66. The Hall–Kier alpha value is -2.26. The summed E-state index contributed by atoms with van der Waals surface area (Å²) in [6.45, 7) is 0.962. The first-order valence-corrected chi connectivity index (χ1v) is 9.79. The molecule has 0 amide bonds. The molecule has 9 heteroatoms. The van der Waals surface area contributed by atoms with Crippen molar-refractivity contribution < 1.29 is 31.4 Å². The van der Waals surface area contributed by atoms with E-state index >= 15 is 0 Å². The minimum absolute atomic E-state index is 0.125. The summed E-state index contributed by atoms with van der Waals surface area (Å²) in [4.78, 5) is 0.125. The zero-order valence-corrected chi connectivity index (χ0v) is 15.1. The summed E-state index contributed by atoms with van der Waals surface area (Å²) in [5.74, 6) is -0.945. The van der Waals surface area contributed by atoms with Crippen molar-refractivity contribution in [3.05, 3.63) is 42.5 Å². The van der Waals surface area contributed by atoms with Crippen molar-refractivity contribution in [1.82, 2.24) is 4.31 Å². The molecule has 2 aromatic carbocycles. The van der Waals surface area contributed by atoms with E-state index in [0.717, 1.165) is 31.4 Å². The van der Waals surface area contributed by atoms with Crippen LogP contribution in [0, 0.1) is 0 Å². The Balaban J connectivity index is 1.87.